The molecule has 3 rings (SSSR count). The maximum absolute atomic E-state index is 12.0. The standard InChI is InChI=1S/C18H20ClN3O/c1-11-9-17(21-15-6-3-13(19)4-7-15)16-10-14(20)5-8-18(16)22(11)12(2)23/h3-8,10-11,17,21H,9,20H2,1-2H3. The van der Waals surface area contributed by atoms with Crippen LogP contribution in [-0.2, 0) is 4.79 Å². The van der Waals surface area contributed by atoms with Crippen LogP contribution in [0.5, 0.6) is 0 Å². The molecule has 2 aromatic carbocycles. The fourth-order valence-electron chi connectivity index (χ4n) is 3.25. The third-order valence-electron chi connectivity index (χ3n) is 4.23. The summed E-state index contributed by atoms with van der Waals surface area (Å²) in [4.78, 5) is 13.9. The Morgan fingerprint density at radius 1 is 1.26 bits per heavy atom. The first-order valence-corrected chi connectivity index (χ1v) is 8.05. The lowest BCUT2D eigenvalue weighted by Crippen LogP contribution is -2.43. The van der Waals surface area contributed by atoms with Crippen molar-refractivity contribution in [3.8, 4) is 0 Å². The van der Waals surface area contributed by atoms with Crippen molar-refractivity contribution in [3.63, 3.8) is 0 Å². The molecule has 1 amide bonds. The number of nitrogens with zero attached hydrogens (tertiary/aromatic N) is 1. The number of hydrogen-bond acceptors (Lipinski definition) is 3. The van der Waals surface area contributed by atoms with Gasteiger partial charge in [0.25, 0.3) is 0 Å². The lowest BCUT2D eigenvalue weighted by molar-refractivity contribution is -0.117. The molecule has 0 aliphatic carbocycles. The molecule has 1 aliphatic heterocycles. The van der Waals surface area contributed by atoms with Crippen molar-refractivity contribution >= 4 is 34.6 Å². The van der Waals surface area contributed by atoms with Gasteiger partial charge < -0.3 is 16.0 Å². The molecule has 23 heavy (non-hydrogen) atoms. The van der Waals surface area contributed by atoms with Crippen molar-refractivity contribution in [1.29, 1.82) is 0 Å². The smallest absolute Gasteiger partial charge is 0.224 e. The van der Waals surface area contributed by atoms with Crippen molar-refractivity contribution in [1.82, 2.24) is 0 Å². The molecule has 0 bridgehead atoms. The van der Waals surface area contributed by atoms with E-state index in [1.807, 2.05) is 47.4 Å². The zero-order valence-corrected chi connectivity index (χ0v) is 14.0. The average Bonchev–Trinajstić information content (AvgIpc) is 2.49. The highest BCUT2D eigenvalue weighted by Gasteiger charge is 2.32. The third kappa shape index (κ3) is 3.13. The molecular weight excluding hydrogens is 310 g/mol. The first kappa shape index (κ1) is 15.7. The molecule has 2 unspecified atom stereocenters. The van der Waals surface area contributed by atoms with Gasteiger partial charge in [0.15, 0.2) is 0 Å². The number of benzene rings is 2. The molecule has 1 heterocycles. The highest BCUT2D eigenvalue weighted by molar-refractivity contribution is 6.30. The van der Waals surface area contributed by atoms with Gasteiger partial charge in [-0.1, -0.05) is 11.6 Å². The lowest BCUT2D eigenvalue weighted by atomic mass is 9.91. The number of anilines is 3. The number of nitrogens with one attached hydrogen (secondary N) is 1. The first-order valence-electron chi connectivity index (χ1n) is 7.67. The summed E-state index contributed by atoms with van der Waals surface area (Å²) in [5, 5.41) is 4.24. The third-order valence-corrected chi connectivity index (χ3v) is 4.48. The van der Waals surface area contributed by atoms with Crippen LogP contribution >= 0.6 is 11.6 Å². The fourth-order valence-corrected chi connectivity index (χ4v) is 3.37. The number of amides is 1. The number of nitrogen functional groups attached to an aromatic ring is 1. The Hall–Kier alpha value is -2.20. The largest absolute Gasteiger partial charge is 0.399 e. The molecule has 0 aromatic heterocycles. The first-order chi connectivity index (χ1) is 11.0. The Kier molecular flexibility index (Phi) is 4.18. The number of carbonyl (C=O) groups excluding carboxylic acids is 1. The molecule has 1 aliphatic rings. The topological polar surface area (TPSA) is 58.4 Å². The van der Waals surface area contributed by atoms with Crippen LogP contribution in [-0.4, -0.2) is 11.9 Å². The summed E-state index contributed by atoms with van der Waals surface area (Å²) in [5.74, 6) is 0.0495. The highest BCUT2D eigenvalue weighted by Crippen LogP contribution is 2.40. The van der Waals surface area contributed by atoms with Crippen LogP contribution in [0.3, 0.4) is 0 Å². The Bertz CT molecular complexity index is 730. The molecule has 0 saturated carbocycles. The van der Waals surface area contributed by atoms with Crippen molar-refractivity contribution in [2.45, 2.75) is 32.4 Å². The van der Waals surface area contributed by atoms with E-state index >= 15 is 0 Å². The molecule has 2 aromatic rings. The van der Waals surface area contributed by atoms with E-state index in [1.54, 1.807) is 6.92 Å². The number of nitrogens with two attached hydrogens (primary N) is 1. The van der Waals surface area contributed by atoms with Crippen LogP contribution in [0.15, 0.2) is 42.5 Å². The SMILES string of the molecule is CC(=O)N1c2ccc(N)cc2C(Nc2ccc(Cl)cc2)CC1C. The van der Waals surface area contributed by atoms with Crippen LogP contribution in [0.4, 0.5) is 17.1 Å². The molecule has 2 atom stereocenters. The van der Waals surface area contributed by atoms with Gasteiger partial charge in [0.05, 0.1) is 6.04 Å². The monoisotopic (exact) mass is 329 g/mol. The van der Waals surface area contributed by atoms with Crippen LogP contribution in [0.1, 0.15) is 31.9 Å². The summed E-state index contributed by atoms with van der Waals surface area (Å²) in [5.41, 5.74) is 9.64. The number of hydrogen-bond donors (Lipinski definition) is 2. The molecule has 120 valence electrons. The molecular formula is C18H20ClN3O. The van der Waals surface area contributed by atoms with Crippen LogP contribution in [0, 0.1) is 0 Å². The van der Waals surface area contributed by atoms with E-state index in [1.165, 1.54) is 0 Å². The zero-order valence-electron chi connectivity index (χ0n) is 13.2. The van der Waals surface area contributed by atoms with E-state index in [2.05, 4.69) is 12.2 Å². The maximum atomic E-state index is 12.0. The van der Waals surface area contributed by atoms with Crippen molar-refractivity contribution in [2.24, 2.45) is 0 Å². The minimum atomic E-state index is 0.0495. The van der Waals surface area contributed by atoms with Gasteiger partial charge in [-0.25, -0.2) is 0 Å². The number of halogens is 1. The van der Waals surface area contributed by atoms with E-state index in [0.717, 1.165) is 23.4 Å². The van der Waals surface area contributed by atoms with Gasteiger partial charge in [0, 0.05) is 40.6 Å². The number of rotatable bonds is 2. The van der Waals surface area contributed by atoms with Gasteiger partial charge in [-0.2, -0.15) is 0 Å². The molecule has 3 N–H and O–H groups in total. The van der Waals surface area contributed by atoms with Crippen LogP contribution in [0.2, 0.25) is 5.02 Å². The summed E-state index contributed by atoms with van der Waals surface area (Å²) in [6.07, 6.45) is 0.818. The van der Waals surface area contributed by atoms with Crippen molar-refractivity contribution < 1.29 is 4.79 Å². The van der Waals surface area contributed by atoms with Crippen molar-refractivity contribution in [2.75, 3.05) is 16.0 Å². The zero-order chi connectivity index (χ0) is 16.6. The van der Waals surface area contributed by atoms with Crippen LogP contribution in [0.25, 0.3) is 0 Å². The predicted octanol–water partition coefficient (Wildman–Crippen LogP) is 4.22. The summed E-state index contributed by atoms with van der Waals surface area (Å²) in [6, 6.07) is 13.6. The van der Waals surface area contributed by atoms with Gasteiger partial charge in [-0.05, 0) is 55.8 Å². The van der Waals surface area contributed by atoms with E-state index in [-0.39, 0.29) is 18.0 Å². The van der Waals surface area contributed by atoms with Gasteiger partial charge in [-0.15, -0.1) is 0 Å². The van der Waals surface area contributed by atoms with E-state index in [4.69, 9.17) is 17.3 Å². The normalized spacial score (nSPS) is 20.0. The van der Waals surface area contributed by atoms with E-state index < -0.39 is 0 Å². The number of carbonyl (C=O) groups is 1. The van der Waals surface area contributed by atoms with Crippen LogP contribution < -0.4 is 16.0 Å². The van der Waals surface area contributed by atoms with E-state index in [0.29, 0.717) is 10.7 Å². The second-order valence-corrected chi connectivity index (χ2v) is 6.43. The Labute approximate surface area is 141 Å². The predicted molar refractivity (Wildman–Crippen MR) is 95.9 cm³/mol. The Balaban J connectivity index is 1.98. The van der Waals surface area contributed by atoms with Crippen molar-refractivity contribution in [3.05, 3.63) is 53.1 Å². The second kappa shape index (κ2) is 6.13. The minimum absolute atomic E-state index is 0.0495. The molecule has 4 nitrogen and oxygen atoms in total. The summed E-state index contributed by atoms with van der Waals surface area (Å²) in [7, 11) is 0. The molecule has 0 fully saturated rings. The van der Waals surface area contributed by atoms with Gasteiger partial charge >= 0.3 is 0 Å². The minimum Gasteiger partial charge on any atom is -0.399 e. The molecule has 0 spiro atoms. The Morgan fingerprint density at radius 2 is 1.96 bits per heavy atom. The molecule has 0 saturated heterocycles. The fraction of sp³-hybridized carbons (Fsp3) is 0.278. The quantitative estimate of drug-likeness (QED) is 0.811. The second-order valence-electron chi connectivity index (χ2n) is 6.00. The molecule has 5 heteroatoms. The summed E-state index contributed by atoms with van der Waals surface area (Å²) >= 11 is 5.94. The Morgan fingerprint density at radius 3 is 2.61 bits per heavy atom. The van der Waals surface area contributed by atoms with Gasteiger partial charge in [0.2, 0.25) is 5.91 Å². The van der Waals surface area contributed by atoms with Gasteiger partial charge in [0.1, 0.15) is 0 Å². The maximum Gasteiger partial charge on any atom is 0.224 e. The highest BCUT2D eigenvalue weighted by atomic mass is 35.5. The summed E-state index contributed by atoms with van der Waals surface area (Å²) < 4.78 is 0. The molecule has 0 radical (unpaired) electrons. The van der Waals surface area contributed by atoms with Gasteiger partial charge in [-0.3, -0.25) is 4.79 Å². The average molecular weight is 330 g/mol. The lowest BCUT2D eigenvalue weighted by Gasteiger charge is -2.39. The number of fused-ring (bicyclic) bond motifs is 1. The van der Waals surface area contributed by atoms with E-state index in [9.17, 15) is 4.79 Å². The summed E-state index contributed by atoms with van der Waals surface area (Å²) in [6.45, 7) is 3.67.